The lowest BCUT2D eigenvalue weighted by Crippen LogP contribution is -2.43. The third-order valence-electron chi connectivity index (χ3n) is 13.8. The predicted octanol–water partition coefficient (Wildman–Crippen LogP) is 9.17. The van der Waals surface area contributed by atoms with Gasteiger partial charge in [0.05, 0.1) is 45.4 Å². The topological polar surface area (TPSA) is 149 Å². The summed E-state index contributed by atoms with van der Waals surface area (Å²) in [6.07, 6.45) is -0.960. The van der Waals surface area contributed by atoms with Crippen molar-refractivity contribution in [3.63, 3.8) is 0 Å². The molecule has 20 heteroatoms. The largest absolute Gasteiger partial charge is 0.490 e. The molecule has 0 unspecified atom stereocenters. The molecule has 5 aliphatic rings. The van der Waals surface area contributed by atoms with Crippen LogP contribution in [0, 0.1) is 40.1 Å². The molecule has 4 fully saturated rings. The molecule has 4 aliphatic heterocycles. The number of nitrogens with two attached hydrogens (primary N) is 2. The van der Waals surface area contributed by atoms with Gasteiger partial charge in [-0.2, -0.15) is 28.4 Å². The Morgan fingerprint density at radius 1 is 1.05 bits per heavy atom. The number of hydrogen-bond donors (Lipinski definition) is 2. The number of benzene rings is 2. The first kappa shape index (κ1) is 41.7. The number of hydrogen-bond acceptors (Lipinski definition) is 12. The Morgan fingerprint density at radius 2 is 1.83 bits per heavy atom. The van der Waals surface area contributed by atoms with Crippen LogP contribution in [-0.4, -0.2) is 77.4 Å². The molecule has 11 nitrogen and oxygen atoms in total. The van der Waals surface area contributed by atoms with Crippen LogP contribution in [0.25, 0.3) is 32.1 Å². The van der Waals surface area contributed by atoms with Crippen molar-refractivity contribution >= 4 is 49.0 Å². The molecule has 3 atom stereocenters. The van der Waals surface area contributed by atoms with Gasteiger partial charge in [-0.25, -0.2) is 26.9 Å². The summed E-state index contributed by atoms with van der Waals surface area (Å²) in [5.74, 6) is -6.89. The molecule has 2 aromatic carbocycles. The highest BCUT2D eigenvalue weighted by atomic mass is 32.1. The minimum atomic E-state index is -5.33. The monoisotopic (exact) mass is 900 g/mol. The second-order valence-electron chi connectivity index (χ2n) is 17.4. The third-order valence-corrected chi connectivity index (χ3v) is 14.8. The van der Waals surface area contributed by atoms with Crippen LogP contribution in [0.4, 0.5) is 51.8 Å². The first-order valence-corrected chi connectivity index (χ1v) is 21.6. The van der Waals surface area contributed by atoms with Crippen LogP contribution in [-0.2, 0) is 10.9 Å². The molecule has 0 amide bonds. The summed E-state index contributed by atoms with van der Waals surface area (Å²) in [4.78, 5) is 16.7. The van der Waals surface area contributed by atoms with Gasteiger partial charge in [0.1, 0.15) is 64.4 Å². The number of ether oxygens (including phenoxy) is 3. The van der Waals surface area contributed by atoms with E-state index in [0.29, 0.717) is 50.4 Å². The van der Waals surface area contributed by atoms with Gasteiger partial charge >= 0.3 is 12.2 Å². The molecule has 10 rings (SSSR count). The van der Waals surface area contributed by atoms with Crippen LogP contribution in [0.2, 0.25) is 0 Å². The number of fused-ring (bicyclic) bond motifs is 2. The van der Waals surface area contributed by atoms with Crippen molar-refractivity contribution in [2.75, 3.05) is 62.4 Å². The van der Waals surface area contributed by atoms with Crippen molar-refractivity contribution in [2.45, 2.75) is 75.0 Å². The number of halogens is 8. The number of thiophene rings is 1. The Labute approximate surface area is 358 Å². The first-order valence-electron chi connectivity index (χ1n) is 20.7. The standard InChI is InChI=1S/C43H40F8N8O3S/c44-22-14-24(36(53)55-16-22)27(5-2-21-6-11-60-12-7-21)59-10-13-61-34-30-33(56-39(57-38(30)59)62-20-41-8-1-9-58(41)19-40(17-41)18-42(40,47)48)32(46)29(31(34)43(49,50)51)23-3-4-26(45)35-28(23)25(15-52)37(54)63-35/h3-4,14,16,21,27H,1-2,5-13,17-20,54H2,(H2,53,55)/t27-,40+,41+/m1/s1. The number of nitrogens with zero attached hydrogens (tertiary/aromatic N) is 6. The van der Waals surface area contributed by atoms with Crippen molar-refractivity contribution in [1.29, 1.82) is 5.26 Å². The molecule has 3 aromatic heterocycles. The summed E-state index contributed by atoms with van der Waals surface area (Å²) in [5, 5.41) is 9.07. The van der Waals surface area contributed by atoms with Gasteiger partial charge in [-0.1, -0.05) is 6.07 Å². The van der Waals surface area contributed by atoms with Crippen molar-refractivity contribution in [3.8, 4) is 29.0 Å². The summed E-state index contributed by atoms with van der Waals surface area (Å²) in [7, 11) is 0. The van der Waals surface area contributed by atoms with Gasteiger partial charge in [0.2, 0.25) is 0 Å². The van der Waals surface area contributed by atoms with Gasteiger partial charge in [-0.05, 0) is 75.1 Å². The zero-order chi connectivity index (χ0) is 44.2. The van der Waals surface area contributed by atoms with Crippen LogP contribution in [0.3, 0.4) is 0 Å². The average molecular weight is 901 g/mol. The van der Waals surface area contributed by atoms with E-state index in [-0.39, 0.29) is 82.7 Å². The quantitative estimate of drug-likeness (QED) is 0.137. The minimum Gasteiger partial charge on any atom is -0.490 e. The minimum absolute atomic E-state index is 0.0471. The van der Waals surface area contributed by atoms with Gasteiger partial charge in [0, 0.05) is 42.7 Å². The molecule has 7 heterocycles. The average Bonchev–Trinajstić information content (AvgIpc) is 3.49. The van der Waals surface area contributed by atoms with Gasteiger partial charge in [0.15, 0.2) is 5.82 Å². The van der Waals surface area contributed by atoms with Crippen LogP contribution in [0.15, 0.2) is 24.4 Å². The fraction of sp³-hybridized carbons (Fsp3) is 0.488. The van der Waals surface area contributed by atoms with Gasteiger partial charge < -0.3 is 30.6 Å². The van der Waals surface area contributed by atoms with Crippen molar-refractivity contribution < 1.29 is 49.3 Å². The van der Waals surface area contributed by atoms with Crippen LogP contribution >= 0.6 is 11.3 Å². The predicted molar refractivity (Wildman–Crippen MR) is 217 cm³/mol. The number of pyridine rings is 1. The highest BCUT2D eigenvalue weighted by molar-refractivity contribution is 7.23. The number of anilines is 3. The fourth-order valence-electron chi connectivity index (χ4n) is 10.7. The molecule has 63 heavy (non-hydrogen) atoms. The molecular weight excluding hydrogens is 861 g/mol. The lowest BCUT2D eigenvalue weighted by Gasteiger charge is -2.35. The van der Waals surface area contributed by atoms with Crippen molar-refractivity contribution in [2.24, 2.45) is 11.3 Å². The van der Waals surface area contributed by atoms with Crippen LogP contribution < -0.4 is 25.8 Å². The molecule has 1 spiro atoms. The molecule has 1 saturated carbocycles. The van der Waals surface area contributed by atoms with E-state index in [4.69, 9.17) is 30.7 Å². The fourth-order valence-corrected chi connectivity index (χ4v) is 11.6. The van der Waals surface area contributed by atoms with E-state index in [1.807, 2.05) is 11.0 Å². The third kappa shape index (κ3) is 6.75. The lowest BCUT2D eigenvalue weighted by molar-refractivity contribution is -0.138. The second-order valence-corrected chi connectivity index (χ2v) is 18.4. The normalized spacial score (nSPS) is 23.8. The van der Waals surface area contributed by atoms with E-state index in [0.717, 1.165) is 31.2 Å². The molecule has 0 bridgehead atoms. The summed E-state index contributed by atoms with van der Waals surface area (Å²) in [6.45, 7) is 1.02. The summed E-state index contributed by atoms with van der Waals surface area (Å²) in [5.41, 5.74) is 6.52. The number of nitrogen functional groups attached to an aromatic ring is 2. The first-order chi connectivity index (χ1) is 30.0. The summed E-state index contributed by atoms with van der Waals surface area (Å²) >= 11 is 0.632. The molecule has 5 aromatic rings. The molecule has 3 saturated heterocycles. The van der Waals surface area contributed by atoms with Gasteiger partial charge in [-0.15, -0.1) is 11.3 Å². The molecule has 0 radical (unpaired) electrons. The number of nitriles is 1. The van der Waals surface area contributed by atoms with Crippen molar-refractivity contribution in [1.82, 2.24) is 19.9 Å². The Kier molecular flexibility index (Phi) is 9.88. The molecule has 1 aliphatic carbocycles. The maximum atomic E-state index is 17.9. The smallest absolute Gasteiger partial charge is 0.420 e. The van der Waals surface area contributed by atoms with Crippen LogP contribution in [0.5, 0.6) is 11.8 Å². The van der Waals surface area contributed by atoms with E-state index in [1.165, 1.54) is 6.07 Å². The Morgan fingerprint density at radius 3 is 2.56 bits per heavy atom. The van der Waals surface area contributed by atoms with E-state index in [2.05, 4.69) is 9.97 Å². The Hall–Kier alpha value is -5.26. The van der Waals surface area contributed by atoms with Crippen molar-refractivity contribution in [3.05, 3.63) is 58.5 Å². The van der Waals surface area contributed by atoms with Gasteiger partial charge in [0.25, 0.3) is 5.92 Å². The molecule has 4 N–H and O–H groups in total. The summed E-state index contributed by atoms with van der Waals surface area (Å²) < 4.78 is 143. The highest BCUT2D eigenvalue weighted by Gasteiger charge is 2.77. The van der Waals surface area contributed by atoms with E-state index in [9.17, 15) is 14.0 Å². The Balaban J connectivity index is 1.20. The SMILES string of the molecule is N#Cc1c(N)sc2c(F)ccc(-c3c(C(F)(F)F)c4c5c(nc(OC[C@@]67CCCN6C[C@@]6(CC6(F)F)C7)nc5c3F)N([C@H](CCC3CCOCC3)c3cc(F)cnc3N)CCO4)c12. The second kappa shape index (κ2) is 14.9. The Bertz CT molecular complexity index is 2720. The van der Waals surface area contributed by atoms with E-state index >= 15 is 26.3 Å². The number of rotatable bonds is 9. The van der Waals surface area contributed by atoms with E-state index in [1.54, 1.807) is 4.90 Å². The lowest BCUT2D eigenvalue weighted by atomic mass is 9.89. The van der Waals surface area contributed by atoms with Crippen LogP contribution in [0.1, 0.15) is 74.1 Å². The number of alkyl halides is 5. The van der Waals surface area contributed by atoms with Gasteiger partial charge in [-0.3, -0.25) is 4.90 Å². The molecular formula is C43H40F8N8O3S. The maximum Gasteiger partial charge on any atom is 0.420 e. The number of aromatic nitrogens is 3. The zero-order valence-electron chi connectivity index (χ0n) is 33.6. The zero-order valence-corrected chi connectivity index (χ0v) is 34.4. The summed E-state index contributed by atoms with van der Waals surface area (Å²) in [6, 6.07) is 3.48. The maximum absolute atomic E-state index is 17.9. The highest BCUT2D eigenvalue weighted by Crippen LogP contribution is 2.69. The molecule has 332 valence electrons. The van der Waals surface area contributed by atoms with E-state index < -0.39 is 92.5 Å².